The molecule has 0 amide bonds. The van der Waals surface area contributed by atoms with Crippen LogP contribution in [-0.2, 0) is 6.42 Å². The van der Waals surface area contributed by atoms with Crippen LogP contribution in [-0.4, -0.2) is 6.04 Å². The third-order valence-electron chi connectivity index (χ3n) is 1.91. The second-order valence-electron chi connectivity index (χ2n) is 3.22. The van der Waals surface area contributed by atoms with Crippen LogP contribution in [0.25, 0.3) is 0 Å². The Morgan fingerprint density at radius 2 is 2.23 bits per heavy atom. The van der Waals surface area contributed by atoms with Gasteiger partial charge in [-0.2, -0.15) is 0 Å². The van der Waals surface area contributed by atoms with Crippen LogP contribution in [0.2, 0.25) is 5.02 Å². The predicted molar refractivity (Wildman–Crippen MR) is 61.1 cm³/mol. The summed E-state index contributed by atoms with van der Waals surface area (Å²) in [6.07, 6.45) is 1.89. The largest absolute Gasteiger partial charge is 0.328 e. The van der Waals surface area contributed by atoms with E-state index in [9.17, 15) is 0 Å². The highest BCUT2D eigenvalue weighted by atomic mass is 79.9. The van der Waals surface area contributed by atoms with Gasteiger partial charge in [0.2, 0.25) is 0 Å². The molecular weight excluding hydrogens is 249 g/mol. The molecule has 0 radical (unpaired) electrons. The van der Waals surface area contributed by atoms with Crippen molar-refractivity contribution >= 4 is 27.5 Å². The van der Waals surface area contributed by atoms with Gasteiger partial charge in [0, 0.05) is 15.5 Å². The van der Waals surface area contributed by atoms with Gasteiger partial charge in [0.05, 0.1) is 0 Å². The number of rotatable bonds is 3. The Kier molecular flexibility index (Phi) is 4.23. The first-order valence-electron chi connectivity index (χ1n) is 4.29. The van der Waals surface area contributed by atoms with E-state index in [0.717, 1.165) is 27.9 Å². The SMILES string of the molecule is CC(N)CCc1c(Cl)cccc1Br. The number of halogens is 2. The van der Waals surface area contributed by atoms with Gasteiger partial charge < -0.3 is 5.73 Å². The van der Waals surface area contributed by atoms with Crippen molar-refractivity contribution in [1.82, 2.24) is 0 Å². The van der Waals surface area contributed by atoms with E-state index in [1.165, 1.54) is 0 Å². The Hall–Kier alpha value is -0.0500. The summed E-state index contributed by atoms with van der Waals surface area (Å²) >= 11 is 9.51. The van der Waals surface area contributed by atoms with Crippen molar-refractivity contribution in [3.05, 3.63) is 33.3 Å². The topological polar surface area (TPSA) is 26.0 Å². The van der Waals surface area contributed by atoms with Gasteiger partial charge in [-0.1, -0.05) is 33.6 Å². The summed E-state index contributed by atoms with van der Waals surface area (Å²) in [7, 11) is 0. The fourth-order valence-corrected chi connectivity index (χ4v) is 2.09. The van der Waals surface area contributed by atoms with Crippen LogP contribution in [0, 0.1) is 0 Å². The zero-order chi connectivity index (χ0) is 9.84. The molecule has 0 saturated heterocycles. The Labute approximate surface area is 92.4 Å². The minimum atomic E-state index is 0.225. The lowest BCUT2D eigenvalue weighted by atomic mass is 10.1. The first kappa shape index (κ1) is 11.0. The normalized spacial score (nSPS) is 12.9. The van der Waals surface area contributed by atoms with Gasteiger partial charge in [-0.25, -0.2) is 0 Å². The average Bonchev–Trinajstić information content (AvgIpc) is 2.03. The highest BCUT2D eigenvalue weighted by molar-refractivity contribution is 9.10. The zero-order valence-corrected chi connectivity index (χ0v) is 9.90. The van der Waals surface area contributed by atoms with Gasteiger partial charge in [0.25, 0.3) is 0 Å². The van der Waals surface area contributed by atoms with Gasteiger partial charge in [-0.15, -0.1) is 0 Å². The molecule has 1 unspecified atom stereocenters. The molecule has 2 N–H and O–H groups in total. The molecule has 1 nitrogen and oxygen atoms in total. The van der Waals surface area contributed by atoms with Crippen molar-refractivity contribution in [3.63, 3.8) is 0 Å². The number of nitrogens with two attached hydrogens (primary N) is 1. The fraction of sp³-hybridized carbons (Fsp3) is 0.400. The van der Waals surface area contributed by atoms with Crippen LogP contribution in [0.3, 0.4) is 0 Å². The van der Waals surface area contributed by atoms with Crippen molar-refractivity contribution < 1.29 is 0 Å². The second-order valence-corrected chi connectivity index (χ2v) is 4.48. The van der Waals surface area contributed by atoms with Crippen molar-refractivity contribution in [3.8, 4) is 0 Å². The van der Waals surface area contributed by atoms with Crippen molar-refractivity contribution in [2.45, 2.75) is 25.8 Å². The van der Waals surface area contributed by atoms with E-state index in [2.05, 4.69) is 15.9 Å². The molecule has 0 aliphatic heterocycles. The van der Waals surface area contributed by atoms with E-state index < -0.39 is 0 Å². The summed E-state index contributed by atoms with van der Waals surface area (Å²) in [6, 6.07) is 6.07. The van der Waals surface area contributed by atoms with E-state index in [0.29, 0.717) is 0 Å². The van der Waals surface area contributed by atoms with Crippen LogP contribution in [0.4, 0.5) is 0 Å². The van der Waals surface area contributed by atoms with Crippen LogP contribution >= 0.6 is 27.5 Å². The molecule has 0 saturated carbocycles. The zero-order valence-electron chi connectivity index (χ0n) is 7.56. The minimum absolute atomic E-state index is 0.225. The van der Waals surface area contributed by atoms with E-state index in [1.54, 1.807) is 0 Å². The smallest absolute Gasteiger partial charge is 0.0449 e. The van der Waals surface area contributed by atoms with Gasteiger partial charge in [0.15, 0.2) is 0 Å². The third-order valence-corrected chi connectivity index (χ3v) is 3.01. The molecule has 13 heavy (non-hydrogen) atoms. The maximum atomic E-state index is 6.04. The molecule has 1 aromatic carbocycles. The van der Waals surface area contributed by atoms with Gasteiger partial charge in [-0.05, 0) is 37.5 Å². The Balaban J connectivity index is 2.75. The summed E-state index contributed by atoms with van der Waals surface area (Å²) in [5.74, 6) is 0. The van der Waals surface area contributed by atoms with E-state index in [4.69, 9.17) is 17.3 Å². The van der Waals surface area contributed by atoms with E-state index >= 15 is 0 Å². The van der Waals surface area contributed by atoms with Crippen molar-refractivity contribution in [2.75, 3.05) is 0 Å². The molecule has 1 aromatic rings. The standard InChI is InChI=1S/C10H13BrClN/c1-7(13)5-6-8-9(11)3-2-4-10(8)12/h2-4,7H,5-6,13H2,1H3. The summed E-state index contributed by atoms with van der Waals surface area (Å²) in [6.45, 7) is 2.00. The molecule has 0 fully saturated rings. The van der Waals surface area contributed by atoms with E-state index in [-0.39, 0.29) is 6.04 Å². The molecule has 1 rings (SSSR count). The summed E-state index contributed by atoms with van der Waals surface area (Å²) in [5.41, 5.74) is 6.84. The monoisotopic (exact) mass is 261 g/mol. The lowest BCUT2D eigenvalue weighted by Crippen LogP contribution is -2.15. The van der Waals surface area contributed by atoms with Crippen molar-refractivity contribution in [1.29, 1.82) is 0 Å². The number of hydrogen-bond acceptors (Lipinski definition) is 1. The lowest BCUT2D eigenvalue weighted by molar-refractivity contribution is 0.665. The summed E-state index contributed by atoms with van der Waals surface area (Å²) in [4.78, 5) is 0. The number of hydrogen-bond donors (Lipinski definition) is 1. The Morgan fingerprint density at radius 3 is 2.77 bits per heavy atom. The highest BCUT2D eigenvalue weighted by Gasteiger charge is 2.05. The Bertz CT molecular complexity index is 266. The predicted octanol–water partition coefficient (Wildman–Crippen LogP) is 3.38. The summed E-state index contributed by atoms with van der Waals surface area (Å²) < 4.78 is 1.07. The fourth-order valence-electron chi connectivity index (χ4n) is 1.14. The molecule has 0 aliphatic carbocycles. The van der Waals surface area contributed by atoms with E-state index in [1.807, 2.05) is 25.1 Å². The average molecular weight is 263 g/mol. The maximum Gasteiger partial charge on any atom is 0.0449 e. The first-order chi connectivity index (χ1) is 6.11. The highest BCUT2D eigenvalue weighted by Crippen LogP contribution is 2.25. The molecule has 3 heteroatoms. The molecule has 0 aliphatic rings. The van der Waals surface area contributed by atoms with Crippen LogP contribution in [0.5, 0.6) is 0 Å². The van der Waals surface area contributed by atoms with Crippen LogP contribution < -0.4 is 5.73 Å². The lowest BCUT2D eigenvalue weighted by Gasteiger charge is -2.08. The minimum Gasteiger partial charge on any atom is -0.328 e. The molecule has 0 heterocycles. The Morgan fingerprint density at radius 1 is 1.54 bits per heavy atom. The molecule has 0 aromatic heterocycles. The molecule has 72 valence electrons. The summed E-state index contributed by atoms with van der Waals surface area (Å²) in [5, 5.41) is 0.815. The van der Waals surface area contributed by atoms with Crippen molar-refractivity contribution in [2.24, 2.45) is 5.73 Å². The second kappa shape index (κ2) is 4.99. The third kappa shape index (κ3) is 3.29. The molecule has 1 atom stereocenters. The van der Waals surface area contributed by atoms with Gasteiger partial charge in [0.1, 0.15) is 0 Å². The molecule has 0 spiro atoms. The maximum absolute atomic E-state index is 6.04. The van der Waals surface area contributed by atoms with Crippen LogP contribution in [0.1, 0.15) is 18.9 Å². The van der Waals surface area contributed by atoms with Gasteiger partial charge >= 0.3 is 0 Å². The van der Waals surface area contributed by atoms with Crippen LogP contribution in [0.15, 0.2) is 22.7 Å². The number of benzene rings is 1. The van der Waals surface area contributed by atoms with Gasteiger partial charge in [-0.3, -0.25) is 0 Å². The molecule has 0 bridgehead atoms. The quantitative estimate of drug-likeness (QED) is 0.888. The first-order valence-corrected chi connectivity index (χ1v) is 5.47. The molecular formula is C10H13BrClN.